The molecule has 6 heteroatoms. The molecule has 1 fully saturated rings. The number of methoxy groups -OCH3 is 1. The van der Waals surface area contributed by atoms with Crippen molar-refractivity contribution in [1.82, 2.24) is 4.90 Å². The molecule has 2 aromatic carbocycles. The predicted octanol–water partition coefficient (Wildman–Crippen LogP) is 3.55. The minimum Gasteiger partial charge on any atom is -0.490 e. The number of likely N-dealkylation sites (tertiary alicyclic amines) is 1. The molecule has 0 saturated carbocycles. The topological polar surface area (TPSA) is 75.8 Å². The largest absolute Gasteiger partial charge is 0.490 e. The van der Waals surface area contributed by atoms with Crippen molar-refractivity contribution in [2.45, 2.75) is 25.5 Å². The fourth-order valence-corrected chi connectivity index (χ4v) is 3.58. The maximum absolute atomic E-state index is 11.2. The first-order valence-corrected chi connectivity index (χ1v) is 8.85. The van der Waals surface area contributed by atoms with Gasteiger partial charge in [0.05, 0.1) is 18.1 Å². The average Bonchev–Trinajstić information content (AvgIpc) is 2.68. The van der Waals surface area contributed by atoms with Crippen LogP contribution < -0.4 is 4.74 Å². The van der Waals surface area contributed by atoms with Crippen molar-refractivity contribution in [3.63, 3.8) is 0 Å². The molecule has 1 unspecified atom stereocenters. The minimum absolute atomic E-state index is 0.000569. The van der Waals surface area contributed by atoms with E-state index in [4.69, 9.17) is 4.74 Å². The number of aliphatic hydroxyl groups excluding tert-OH is 1. The second-order valence-corrected chi connectivity index (χ2v) is 6.73. The van der Waals surface area contributed by atoms with Crippen LogP contribution in [0.4, 0.5) is 5.69 Å². The smallest absolute Gasteiger partial charge is 0.311 e. The van der Waals surface area contributed by atoms with Gasteiger partial charge in [0.15, 0.2) is 5.75 Å². The molecule has 26 heavy (non-hydrogen) atoms. The minimum atomic E-state index is -0.430. The molecule has 0 radical (unpaired) electrons. The number of hydrogen-bond acceptors (Lipinski definition) is 5. The first kappa shape index (κ1) is 18.4. The molecule has 1 N–H and O–H groups in total. The monoisotopic (exact) mass is 356 g/mol. The normalized spacial score (nSPS) is 17.0. The predicted molar refractivity (Wildman–Crippen MR) is 99.1 cm³/mol. The van der Waals surface area contributed by atoms with E-state index in [0.717, 1.165) is 37.1 Å². The zero-order chi connectivity index (χ0) is 18.5. The number of hydrogen-bond donors (Lipinski definition) is 1. The Labute approximate surface area is 153 Å². The summed E-state index contributed by atoms with van der Waals surface area (Å²) in [7, 11) is 1.44. The zero-order valence-electron chi connectivity index (χ0n) is 14.9. The highest BCUT2D eigenvalue weighted by Crippen LogP contribution is 2.32. The van der Waals surface area contributed by atoms with Crippen molar-refractivity contribution >= 4 is 5.69 Å². The lowest BCUT2D eigenvalue weighted by molar-refractivity contribution is -0.385. The molecular formula is C20H24N2O4. The highest BCUT2D eigenvalue weighted by Gasteiger charge is 2.26. The quantitative estimate of drug-likeness (QED) is 0.633. The Kier molecular flexibility index (Phi) is 5.85. The fraction of sp³-hybridized carbons (Fsp3) is 0.400. The van der Waals surface area contributed by atoms with E-state index in [1.165, 1.54) is 7.11 Å². The number of nitrogens with zero attached hydrogens (tertiary/aromatic N) is 2. The van der Waals surface area contributed by atoms with E-state index >= 15 is 0 Å². The molecule has 6 nitrogen and oxygen atoms in total. The summed E-state index contributed by atoms with van der Waals surface area (Å²) in [6.45, 7) is 2.40. The lowest BCUT2D eigenvalue weighted by Gasteiger charge is -2.34. The first-order chi connectivity index (χ1) is 12.6. The van der Waals surface area contributed by atoms with Gasteiger partial charge in [0.25, 0.3) is 0 Å². The van der Waals surface area contributed by atoms with Crippen LogP contribution in [0, 0.1) is 16.0 Å². The van der Waals surface area contributed by atoms with Crippen molar-refractivity contribution in [2.75, 3.05) is 20.2 Å². The molecule has 0 spiro atoms. The van der Waals surface area contributed by atoms with Crippen LogP contribution in [0.5, 0.6) is 5.75 Å². The van der Waals surface area contributed by atoms with Crippen LogP contribution in [0.15, 0.2) is 48.5 Å². The maximum Gasteiger partial charge on any atom is 0.311 e. The Hall–Kier alpha value is -2.44. The maximum atomic E-state index is 11.2. The van der Waals surface area contributed by atoms with Gasteiger partial charge in [-0.2, -0.15) is 0 Å². The Bertz CT molecular complexity index is 743. The Morgan fingerprint density at radius 2 is 1.92 bits per heavy atom. The number of benzene rings is 2. The molecule has 1 aliphatic heterocycles. The van der Waals surface area contributed by atoms with Crippen LogP contribution in [-0.2, 0) is 6.54 Å². The number of nitro benzene ring substituents is 1. The molecule has 0 aliphatic carbocycles. The van der Waals surface area contributed by atoms with Gasteiger partial charge in [0.2, 0.25) is 0 Å². The third kappa shape index (κ3) is 4.20. The van der Waals surface area contributed by atoms with Gasteiger partial charge in [0.1, 0.15) is 0 Å². The molecule has 138 valence electrons. The standard InChI is InChI=1S/C20H24N2O4/c1-26-19-8-7-15(13-18(19)22(24)25)14-21-11-9-17(10-12-21)20(23)16-5-3-2-4-6-16/h2-8,13,17,20,23H,9-12,14H2,1H3. The van der Waals surface area contributed by atoms with Gasteiger partial charge in [-0.1, -0.05) is 36.4 Å². The lowest BCUT2D eigenvalue weighted by atomic mass is 9.87. The van der Waals surface area contributed by atoms with Crippen LogP contribution in [0.25, 0.3) is 0 Å². The van der Waals surface area contributed by atoms with Crippen molar-refractivity contribution in [2.24, 2.45) is 5.92 Å². The summed E-state index contributed by atoms with van der Waals surface area (Å²) >= 11 is 0. The molecule has 0 aromatic heterocycles. The number of nitro groups is 1. The van der Waals surface area contributed by atoms with Gasteiger partial charge < -0.3 is 9.84 Å². The van der Waals surface area contributed by atoms with E-state index in [9.17, 15) is 15.2 Å². The summed E-state index contributed by atoms with van der Waals surface area (Å²) in [4.78, 5) is 13.0. The molecule has 1 aliphatic rings. The van der Waals surface area contributed by atoms with E-state index in [1.54, 1.807) is 12.1 Å². The van der Waals surface area contributed by atoms with Gasteiger partial charge in [-0.3, -0.25) is 15.0 Å². The summed E-state index contributed by atoms with van der Waals surface area (Å²) in [6.07, 6.45) is 1.39. The van der Waals surface area contributed by atoms with Crippen molar-refractivity contribution in [1.29, 1.82) is 0 Å². The SMILES string of the molecule is COc1ccc(CN2CCC(C(O)c3ccccc3)CC2)cc1[N+](=O)[O-]. The van der Waals surface area contributed by atoms with Crippen LogP contribution >= 0.6 is 0 Å². The Morgan fingerprint density at radius 1 is 1.23 bits per heavy atom. The first-order valence-electron chi connectivity index (χ1n) is 8.85. The van der Waals surface area contributed by atoms with Crippen molar-refractivity contribution < 1.29 is 14.8 Å². The summed E-state index contributed by atoms with van der Waals surface area (Å²) in [5.41, 5.74) is 1.87. The van der Waals surface area contributed by atoms with E-state index in [0.29, 0.717) is 6.54 Å². The van der Waals surface area contributed by atoms with Crippen LogP contribution in [0.2, 0.25) is 0 Å². The highest BCUT2D eigenvalue weighted by atomic mass is 16.6. The molecule has 1 saturated heterocycles. The van der Waals surface area contributed by atoms with E-state index < -0.39 is 11.0 Å². The Balaban J connectivity index is 1.59. The van der Waals surface area contributed by atoms with Gasteiger partial charge in [-0.15, -0.1) is 0 Å². The van der Waals surface area contributed by atoms with Crippen molar-refractivity contribution in [3.05, 3.63) is 69.8 Å². The number of aliphatic hydroxyl groups is 1. The summed E-state index contributed by atoms with van der Waals surface area (Å²) in [5, 5.41) is 21.7. The number of rotatable bonds is 6. The third-order valence-electron chi connectivity index (χ3n) is 5.07. The van der Waals surface area contributed by atoms with E-state index in [-0.39, 0.29) is 17.4 Å². The summed E-state index contributed by atoms with van der Waals surface area (Å²) in [5.74, 6) is 0.530. The van der Waals surface area contributed by atoms with E-state index in [2.05, 4.69) is 4.90 Å². The van der Waals surface area contributed by atoms with Gasteiger partial charge in [0, 0.05) is 12.6 Å². The van der Waals surface area contributed by atoms with Gasteiger partial charge >= 0.3 is 5.69 Å². The van der Waals surface area contributed by atoms with Gasteiger partial charge in [-0.25, -0.2) is 0 Å². The molecule has 3 rings (SSSR count). The molecule has 1 atom stereocenters. The lowest BCUT2D eigenvalue weighted by Crippen LogP contribution is -2.35. The second-order valence-electron chi connectivity index (χ2n) is 6.73. The molecule has 2 aromatic rings. The molecule has 0 bridgehead atoms. The zero-order valence-corrected chi connectivity index (χ0v) is 14.9. The van der Waals surface area contributed by atoms with Crippen LogP contribution in [0.1, 0.15) is 30.1 Å². The van der Waals surface area contributed by atoms with Crippen LogP contribution in [0.3, 0.4) is 0 Å². The second kappa shape index (κ2) is 8.29. The number of piperidine rings is 1. The molecular weight excluding hydrogens is 332 g/mol. The Morgan fingerprint density at radius 3 is 2.54 bits per heavy atom. The van der Waals surface area contributed by atoms with Crippen molar-refractivity contribution in [3.8, 4) is 5.75 Å². The van der Waals surface area contributed by atoms with Crippen LogP contribution in [-0.4, -0.2) is 35.1 Å². The highest BCUT2D eigenvalue weighted by molar-refractivity contribution is 5.48. The average molecular weight is 356 g/mol. The third-order valence-corrected chi connectivity index (χ3v) is 5.07. The molecule has 1 heterocycles. The molecule has 0 amide bonds. The fourth-order valence-electron chi connectivity index (χ4n) is 3.58. The van der Waals surface area contributed by atoms with Gasteiger partial charge in [-0.05, 0) is 49.0 Å². The summed E-state index contributed by atoms with van der Waals surface area (Å²) < 4.78 is 5.05. The van der Waals surface area contributed by atoms with E-state index in [1.807, 2.05) is 36.4 Å². The number of ether oxygens (including phenoxy) is 1. The summed E-state index contributed by atoms with van der Waals surface area (Å²) in [6, 6.07) is 14.9.